The fraction of sp³-hybridized carbons (Fsp3) is 1.00. The molecule has 0 aromatic carbocycles. The molecule has 6 heteroatoms. The molecule has 0 spiro atoms. The number of aliphatic hydroxyl groups excluding tert-OH is 1. The highest BCUT2D eigenvalue weighted by Crippen LogP contribution is 2.20. The van der Waals surface area contributed by atoms with Crippen LogP contribution in [0, 0.1) is 0 Å². The maximum absolute atomic E-state index is 11.6. The minimum atomic E-state index is -3.27. The van der Waals surface area contributed by atoms with Gasteiger partial charge in [0.25, 0.3) is 0 Å². The molecule has 1 fully saturated rings. The number of hydrogen-bond acceptors (Lipinski definition) is 4. The number of sulfonamides is 1. The summed E-state index contributed by atoms with van der Waals surface area (Å²) in [4.78, 5) is 0. The Balaban J connectivity index is 2.51. The summed E-state index contributed by atoms with van der Waals surface area (Å²) in [6.07, 6.45) is 1.68. The second-order valence-electron chi connectivity index (χ2n) is 4.17. The highest BCUT2D eigenvalue weighted by molar-refractivity contribution is 7.89. The van der Waals surface area contributed by atoms with Crippen LogP contribution in [0.3, 0.4) is 0 Å². The highest BCUT2D eigenvalue weighted by Gasteiger charge is 2.31. The lowest BCUT2D eigenvalue weighted by molar-refractivity contribution is 0.0537. The van der Waals surface area contributed by atoms with Gasteiger partial charge in [-0.05, 0) is 26.2 Å². The number of aliphatic hydroxyl groups is 1. The Morgan fingerprint density at radius 1 is 1.40 bits per heavy atom. The van der Waals surface area contributed by atoms with E-state index in [0.29, 0.717) is 26.1 Å². The molecule has 5 nitrogen and oxygen atoms in total. The summed E-state index contributed by atoms with van der Waals surface area (Å²) in [5, 5.41) is 8.59. The number of ether oxygens (including phenoxy) is 1. The molecule has 0 amide bonds. The predicted molar refractivity (Wildman–Crippen MR) is 57.1 cm³/mol. The van der Waals surface area contributed by atoms with Crippen LogP contribution in [0.25, 0.3) is 0 Å². The van der Waals surface area contributed by atoms with Crippen molar-refractivity contribution in [3.8, 4) is 0 Å². The van der Waals surface area contributed by atoms with E-state index in [4.69, 9.17) is 9.84 Å². The molecule has 1 aliphatic rings. The van der Waals surface area contributed by atoms with Crippen LogP contribution in [-0.4, -0.2) is 44.6 Å². The minimum Gasteiger partial charge on any atom is -0.396 e. The maximum Gasteiger partial charge on any atom is 0.212 e. The molecule has 0 aromatic heterocycles. The first-order valence-electron chi connectivity index (χ1n) is 5.18. The zero-order valence-electron chi connectivity index (χ0n) is 9.03. The van der Waals surface area contributed by atoms with E-state index in [1.807, 2.05) is 6.92 Å². The van der Waals surface area contributed by atoms with Gasteiger partial charge in [-0.3, -0.25) is 0 Å². The second-order valence-corrected chi connectivity index (χ2v) is 6.01. The third kappa shape index (κ3) is 4.46. The molecule has 15 heavy (non-hydrogen) atoms. The second kappa shape index (κ2) is 5.25. The van der Waals surface area contributed by atoms with Crippen LogP contribution in [0.5, 0.6) is 0 Å². The average Bonchev–Trinajstić information content (AvgIpc) is 2.14. The normalized spacial score (nSPS) is 21.5. The van der Waals surface area contributed by atoms with Crippen molar-refractivity contribution in [1.82, 2.24) is 4.72 Å². The van der Waals surface area contributed by atoms with Crippen molar-refractivity contribution in [2.24, 2.45) is 0 Å². The lowest BCUT2D eigenvalue weighted by atomic mass is 9.94. The Labute approximate surface area is 90.9 Å². The van der Waals surface area contributed by atoms with Gasteiger partial charge in [-0.15, -0.1) is 0 Å². The van der Waals surface area contributed by atoms with Crippen LogP contribution in [0.2, 0.25) is 0 Å². The third-order valence-corrected chi connectivity index (χ3v) is 4.20. The smallest absolute Gasteiger partial charge is 0.212 e. The molecule has 0 bridgehead atoms. The zero-order valence-corrected chi connectivity index (χ0v) is 9.85. The Hall–Kier alpha value is -0.170. The number of hydrogen-bond donors (Lipinski definition) is 2. The Bertz CT molecular complexity index is 282. The van der Waals surface area contributed by atoms with Crippen molar-refractivity contribution in [3.63, 3.8) is 0 Å². The third-order valence-electron chi connectivity index (χ3n) is 2.57. The monoisotopic (exact) mass is 237 g/mol. The van der Waals surface area contributed by atoms with Gasteiger partial charge in [0.2, 0.25) is 10.0 Å². The standard InChI is InChI=1S/C9H19NO4S/c1-9(3-6-14-7-4-9)10-15(12,13)8-2-5-11/h10-11H,2-8H2,1H3. The Morgan fingerprint density at radius 3 is 2.53 bits per heavy atom. The van der Waals surface area contributed by atoms with E-state index >= 15 is 0 Å². The van der Waals surface area contributed by atoms with E-state index in [0.717, 1.165) is 0 Å². The average molecular weight is 237 g/mol. The van der Waals surface area contributed by atoms with E-state index in [9.17, 15) is 8.42 Å². The molecule has 1 heterocycles. The molecule has 90 valence electrons. The van der Waals surface area contributed by atoms with Crippen LogP contribution < -0.4 is 4.72 Å². The van der Waals surface area contributed by atoms with Gasteiger partial charge in [0.1, 0.15) is 0 Å². The summed E-state index contributed by atoms with van der Waals surface area (Å²) in [5.74, 6) is -0.0139. The number of rotatable bonds is 5. The largest absolute Gasteiger partial charge is 0.396 e. The van der Waals surface area contributed by atoms with Crippen LogP contribution in [0.15, 0.2) is 0 Å². The first kappa shape index (κ1) is 12.9. The molecule has 0 aliphatic carbocycles. The molecule has 0 atom stereocenters. The summed E-state index contributed by atoms with van der Waals surface area (Å²) in [7, 11) is -3.27. The SMILES string of the molecule is CC1(NS(=O)(=O)CCCO)CCOCC1. The highest BCUT2D eigenvalue weighted by atomic mass is 32.2. The van der Waals surface area contributed by atoms with E-state index < -0.39 is 10.0 Å². The molecule has 0 unspecified atom stereocenters. The van der Waals surface area contributed by atoms with Gasteiger partial charge in [0.05, 0.1) is 5.75 Å². The summed E-state index contributed by atoms with van der Waals surface area (Å²) in [6, 6.07) is 0. The maximum atomic E-state index is 11.6. The number of nitrogens with one attached hydrogen (secondary N) is 1. The molecule has 0 saturated carbocycles. The van der Waals surface area contributed by atoms with Gasteiger partial charge >= 0.3 is 0 Å². The topological polar surface area (TPSA) is 75.6 Å². The van der Waals surface area contributed by atoms with Gasteiger partial charge in [-0.1, -0.05) is 0 Å². The van der Waals surface area contributed by atoms with Crippen molar-refractivity contribution in [2.45, 2.75) is 31.7 Å². The van der Waals surface area contributed by atoms with Crippen LogP contribution in [-0.2, 0) is 14.8 Å². The van der Waals surface area contributed by atoms with Gasteiger partial charge in [0, 0.05) is 25.4 Å². The molecular formula is C9H19NO4S. The van der Waals surface area contributed by atoms with E-state index in [-0.39, 0.29) is 24.3 Å². The first-order valence-corrected chi connectivity index (χ1v) is 6.83. The summed E-state index contributed by atoms with van der Waals surface area (Å²) < 4.78 is 31.1. The molecule has 1 saturated heterocycles. The van der Waals surface area contributed by atoms with Crippen molar-refractivity contribution in [3.05, 3.63) is 0 Å². The van der Waals surface area contributed by atoms with Crippen molar-refractivity contribution in [1.29, 1.82) is 0 Å². The Kier molecular flexibility index (Phi) is 4.51. The van der Waals surface area contributed by atoms with Gasteiger partial charge < -0.3 is 9.84 Å². The Morgan fingerprint density at radius 2 is 2.00 bits per heavy atom. The van der Waals surface area contributed by atoms with Crippen molar-refractivity contribution >= 4 is 10.0 Å². The molecule has 0 radical (unpaired) electrons. The van der Waals surface area contributed by atoms with Crippen molar-refractivity contribution < 1.29 is 18.3 Å². The zero-order chi connectivity index (χ0) is 11.4. The van der Waals surface area contributed by atoms with Crippen LogP contribution in [0.4, 0.5) is 0 Å². The van der Waals surface area contributed by atoms with Crippen LogP contribution >= 0.6 is 0 Å². The summed E-state index contributed by atoms with van der Waals surface area (Å²) in [5.41, 5.74) is -0.382. The summed E-state index contributed by atoms with van der Waals surface area (Å²) in [6.45, 7) is 2.99. The lowest BCUT2D eigenvalue weighted by Crippen LogP contribution is -2.50. The van der Waals surface area contributed by atoms with E-state index in [1.165, 1.54) is 0 Å². The van der Waals surface area contributed by atoms with Crippen LogP contribution in [0.1, 0.15) is 26.2 Å². The van der Waals surface area contributed by atoms with Crippen molar-refractivity contribution in [2.75, 3.05) is 25.6 Å². The lowest BCUT2D eigenvalue weighted by Gasteiger charge is -2.33. The molecule has 2 N–H and O–H groups in total. The molecule has 1 aliphatic heterocycles. The fourth-order valence-corrected chi connectivity index (χ4v) is 3.17. The first-order chi connectivity index (χ1) is 6.97. The molecule has 0 aromatic rings. The summed E-state index contributed by atoms with van der Waals surface area (Å²) >= 11 is 0. The quantitative estimate of drug-likeness (QED) is 0.697. The van der Waals surface area contributed by atoms with E-state index in [1.54, 1.807) is 0 Å². The van der Waals surface area contributed by atoms with E-state index in [2.05, 4.69) is 4.72 Å². The minimum absolute atomic E-state index is 0.0139. The van der Waals surface area contributed by atoms with Gasteiger partial charge in [-0.2, -0.15) is 0 Å². The van der Waals surface area contributed by atoms with Gasteiger partial charge in [-0.25, -0.2) is 13.1 Å². The molecule has 1 rings (SSSR count). The molecular weight excluding hydrogens is 218 g/mol. The predicted octanol–water partition coefficient (Wildman–Crippen LogP) is -0.143. The van der Waals surface area contributed by atoms with Gasteiger partial charge in [0.15, 0.2) is 0 Å². The fourth-order valence-electron chi connectivity index (χ4n) is 1.61.